The highest BCUT2D eigenvalue weighted by Crippen LogP contribution is 2.40. The zero-order valence-corrected chi connectivity index (χ0v) is 12.0. The SMILES string of the molecule is CCC(c1ccccc1)C(O)CC1Cc2ccccc21. The zero-order valence-electron chi connectivity index (χ0n) is 12.0. The highest BCUT2D eigenvalue weighted by atomic mass is 16.3. The average Bonchev–Trinajstić information content (AvgIpc) is 2.47. The molecule has 3 atom stereocenters. The van der Waals surface area contributed by atoms with Crippen molar-refractivity contribution in [2.24, 2.45) is 0 Å². The van der Waals surface area contributed by atoms with Crippen LogP contribution in [0.2, 0.25) is 0 Å². The van der Waals surface area contributed by atoms with Gasteiger partial charge in [0.1, 0.15) is 0 Å². The maximum atomic E-state index is 10.6. The first-order valence-electron chi connectivity index (χ1n) is 7.60. The van der Waals surface area contributed by atoms with Crippen LogP contribution >= 0.6 is 0 Å². The topological polar surface area (TPSA) is 20.2 Å². The van der Waals surface area contributed by atoms with E-state index in [4.69, 9.17) is 0 Å². The number of fused-ring (bicyclic) bond motifs is 1. The summed E-state index contributed by atoms with van der Waals surface area (Å²) >= 11 is 0. The Bertz CT molecular complexity index is 561. The highest BCUT2D eigenvalue weighted by molar-refractivity contribution is 5.40. The summed E-state index contributed by atoms with van der Waals surface area (Å²) in [5, 5.41) is 10.6. The largest absolute Gasteiger partial charge is 0.392 e. The molecule has 1 nitrogen and oxygen atoms in total. The summed E-state index contributed by atoms with van der Waals surface area (Å²) in [4.78, 5) is 0. The molecule has 0 spiro atoms. The second-order valence-corrected chi connectivity index (χ2v) is 5.83. The minimum atomic E-state index is -0.249. The van der Waals surface area contributed by atoms with Gasteiger partial charge in [-0.2, -0.15) is 0 Å². The lowest BCUT2D eigenvalue weighted by Crippen LogP contribution is -2.26. The first-order chi connectivity index (χ1) is 9.79. The van der Waals surface area contributed by atoms with Crippen LogP contribution in [-0.2, 0) is 6.42 Å². The van der Waals surface area contributed by atoms with E-state index in [1.54, 1.807) is 0 Å². The van der Waals surface area contributed by atoms with E-state index >= 15 is 0 Å². The van der Waals surface area contributed by atoms with E-state index in [0.717, 1.165) is 19.3 Å². The van der Waals surface area contributed by atoms with Crippen molar-refractivity contribution < 1.29 is 5.11 Å². The van der Waals surface area contributed by atoms with Gasteiger partial charge in [0.15, 0.2) is 0 Å². The minimum absolute atomic E-state index is 0.249. The lowest BCUT2D eigenvalue weighted by molar-refractivity contribution is 0.119. The van der Waals surface area contributed by atoms with Crippen LogP contribution in [0, 0.1) is 0 Å². The first kappa shape index (κ1) is 13.4. The van der Waals surface area contributed by atoms with Crippen molar-refractivity contribution in [3.8, 4) is 0 Å². The van der Waals surface area contributed by atoms with Crippen LogP contribution in [0.4, 0.5) is 0 Å². The second-order valence-electron chi connectivity index (χ2n) is 5.83. The van der Waals surface area contributed by atoms with Crippen LogP contribution in [0.15, 0.2) is 54.6 Å². The Labute approximate surface area is 121 Å². The number of hydrogen-bond acceptors (Lipinski definition) is 1. The van der Waals surface area contributed by atoms with Crippen molar-refractivity contribution in [2.45, 2.75) is 44.1 Å². The van der Waals surface area contributed by atoms with Crippen LogP contribution < -0.4 is 0 Å². The summed E-state index contributed by atoms with van der Waals surface area (Å²) in [7, 11) is 0. The molecule has 0 heterocycles. The molecule has 0 aliphatic heterocycles. The fraction of sp³-hybridized carbons (Fsp3) is 0.368. The molecule has 1 aliphatic rings. The number of hydrogen-bond donors (Lipinski definition) is 1. The molecule has 3 unspecified atom stereocenters. The van der Waals surface area contributed by atoms with E-state index < -0.39 is 0 Å². The number of benzene rings is 2. The average molecular weight is 266 g/mol. The number of aliphatic hydroxyl groups is 1. The normalized spacial score (nSPS) is 19.8. The molecule has 1 heteroatoms. The Morgan fingerprint density at radius 1 is 1.05 bits per heavy atom. The summed E-state index contributed by atoms with van der Waals surface area (Å²) in [5.41, 5.74) is 4.15. The van der Waals surface area contributed by atoms with Crippen molar-refractivity contribution in [2.75, 3.05) is 0 Å². The van der Waals surface area contributed by atoms with Crippen molar-refractivity contribution in [1.29, 1.82) is 0 Å². The molecule has 2 aromatic rings. The summed E-state index contributed by atoms with van der Waals surface area (Å²) in [6.07, 6.45) is 2.74. The van der Waals surface area contributed by atoms with Crippen molar-refractivity contribution in [1.82, 2.24) is 0 Å². The monoisotopic (exact) mass is 266 g/mol. The van der Waals surface area contributed by atoms with Gasteiger partial charge >= 0.3 is 0 Å². The predicted molar refractivity (Wildman–Crippen MR) is 83.0 cm³/mol. The van der Waals surface area contributed by atoms with Gasteiger partial charge in [0.05, 0.1) is 6.10 Å². The molecule has 2 aromatic carbocycles. The van der Waals surface area contributed by atoms with E-state index in [9.17, 15) is 5.11 Å². The molecule has 0 aromatic heterocycles. The molecule has 3 rings (SSSR count). The van der Waals surface area contributed by atoms with Gasteiger partial charge in [-0.3, -0.25) is 0 Å². The second kappa shape index (κ2) is 5.80. The Morgan fingerprint density at radius 2 is 1.75 bits per heavy atom. The van der Waals surface area contributed by atoms with E-state index in [1.807, 2.05) is 6.07 Å². The highest BCUT2D eigenvalue weighted by Gasteiger charge is 2.30. The lowest BCUT2D eigenvalue weighted by atomic mass is 9.73. The molecular weight excluding hydrogens is 244 g/mol. The molecule has 0 saturated heterocycles. The molecule has 20 heavy (non-hydrogen) atoms. The van der Waals surface area contributed by atoms with E-state index in [1.165, 1.54) is 16.7 Å². The first-order valence-corrected chi connectivity index (χ1v) is 7.60. The van der Waals surface area contributed by atoms with Crippen molar-refractivity contribution in [3.63, 3.8) is 0 Å². The van der Waals surface area contributed by atoms with Gasteiger partial charge in [-0.05, 0) is 41.9 Å². The fourth-order valence-electron chi connectivity index (χ4n) is 3.46. The van der Waals surface area contributed by atoms with Crippen molar-refractivity contribution >= 4 is 0 Å². The summed E-state index contributed by atoms with van der Waals surface area (Å²) in [5.74, 6) is 0.794. The predicted octanol–water partition coefficient (Wildman–Crippen LogP) is 4.27. The van der Waals surface area contributed by atoms with Gasteiger partial charge < -0.3 is 5.11 Å². The van der Waals surface area contributed by atoms with Crippen LogP contribution in [0.5, 0.6) is 0 Å². The van der Waals surface area contributed by atoms with Crippen LogP contribution in [-0.4, -0.2) is 11.2 Å². The summed E-state index contributed by atoms with van der Waals surface area (Å²) < 4.78 is 0. The van der Waals surface area contributed by atoms with E-state index in [0.29, 0.717) is 5.92 Å². The molecule has 0 bridgehead atoms. The number of aliphatic hydroxyl groups excluding tert-OH is 1. The molecule has 1 N–H and O–H groups in total. The maximum absolute atomic E-state index is 10.6. The lowest BCUT2D eigenvalue weighted by Gasteiger charge is -2.34. The third-order valence-electron chi connectivity index (χ3n) is 4.62. The van der Waals surface area contributed by atoms with Crippen LogP contribution in [0.1, 0.15) is 48.3 Å². The Balaban J connectivity index is 1.69. The third-order valence-corrected chi connectivity index (χ3v) is 4.62. The quantitative estimate of drug-likeness (QED) is 0.856. The summed E-state index contributed by atoms with van der Waals surface area (Å²) in [6, 6.07) is 19.0. The van der Waals surface area contributed by atoms with E-state index in [-0.39, 0.29) is 12.0 Å². The standard InChI is InChI=1S/C19H22O/c1-2-17(14-8-4-3-5-9-14)19(20)13-16-12-15-10-6-7-11-18(15)16/h3-11,16-17,19-20H,2,12-13H2,1H3. The van der Waals surface area contributed by atoms with Gasteiger partial charge in [-0.25, -0.2) is 0 Å². The Kier molecular flexibility index (Phi) is 3.88. The van der Waals surface area contributed by atoms with Gasteiger partial charge in [0.25, 0.3) is 0 Å². The fourth-order valence-corrected chi connectivity index (χ4v) is 3.46. The molecule has 0 fully saturated rings. The van der Waals surface area contributed by atoms with Crippen LogP contribution in [0.3, 0.4) is 0 Å². The zero-order chi connectivity index (χ0) is 13.9. The van der Waals surface area contributed by atoms with Gasteiger partial charge in [0, 0.05) is 5.92 Å². The molecular formula is C19H22O. The van der Waals surface area contributed by atoms with Crippen LogP contribution in [0.25, 0.3) is 0 Å². The Hall–Kier alpha value is -1.60. The Morgan fingerprint density at radius 3 is 2.45 bits per heavy atom. The van der Waals surface area contributed by atoms with Gasteiger partial charge in [0.2, 0.25) is 0 Å². The molecule has 1 aliphatic carbocycles. The van der Waals surface area contributed by atoms with Gasteiger partial charge in [-0.1, -0.05) is 61.5 Å². The minimum Gasteiger partial charge on any atom is -0.392 e. The third kappa shape index (κ3) is 2.51. The number of rotatable bonds is 5. The summed E-state index contributed by atoms with van der Waals surface area (Å²) in [6.45, 7) is 2.16. The molecule has 0 radical (unpaired) electrons. The van der Waals surface area contributed by atoms with E-state index in [2.05, 4.69) is 55.5 Å². The molecule has 104 valence electrons. The smallest absolute Gasteiger partial charge is 0.0614 e. The molecule has 0 amide bonds. The molecule has 0 saturated carbocycles. The van der Waals surface area contributed by atoms with Gasteiger partial charge in [-0.15, -0.1) is 0 Å². The maximum Gasteiger partial charge on any atom is 0.0614 e. The van der Waals surface area contributed by atoms with Crippen molar-refractivity contribution in [3.05, 3.63) is 71.3 Å².